The van der Waals surface area contributed by atoms with Crippen LogP contribution in [0.5, 0.6) is 0 Å². The Morgan fingerprint density at radius 3 is 1.22 bits per heavy atom. The van der Waals surface area contributed by atoms with Gasteiger partial charge in [-0.25, -0.2) is 4.57 Å². The van der Waals surface area contributed by atoms with Gasteiger partial charge in [0.15, 0.2) is 6.10 Å². The largest absolute Gasteiger partial charge is 0.472 e. The van der Waals surface area contributed by atoms with Crippen molar-refractivity contribution in [3.05, 3.63) is 24.3 Å². The first kappa shape index (κ1) is 56.5. The van der Waals surface area contributed by atoms with Crippen LogP contribution in [-0.2, 0) is 32.7 Å². The van der Waals surface area contributed by atoms with Gasteiger partial charge in [-0.05, 0) is 44.9 Å². The molecule has 0 fully saturated rings. The van der Waals surface area contributed by atoms with E-state index in [-0.39, 0.29) is 19.0 Å². The van der Waals surface area contributed by atoms with Gasteiger partial charge in [-0.15, -0.1) is 0 Å². The van der Waals surface area contributed by atoms with Crippen molar-refractivity contribution >= 4 is 19.8 Å². The number of carbonyl (C=O) groups excluding carboxylic acids is 2. The molecule has 0 aromatic rings. The highest BCUT2D eigenvalue weighted by Crippen LogP contribution is 2.42. The fourth-order valence-electron chi connectivity index (χ4n) is 7.16. The fraction of sp³-hybridized carbons (Fsp3) is 0.878. The monoisotopic (exact) mass is 841 g/mol. The lowest BCUT2D eigenvalue weighted by Gasteiger charge is -2.19. The number of hydrogen-bond donors (Lipinski definition) is 1. The number of ether oxygens (including phenoxy) is 2. The molecule has 1 N–H and O–H groups in total. The van der Waals surface area contributed by atoms with Gasteiger partial charge in [0.2, 0.25) is 0 Å². The van der Waals surface area contributed by atoms with Crippen molar-refractivity contribution < 1.29 is 37.6 Å². The Labute approximate surface area is 358 Å². The second-order valence-corrected chi connectivity index (χ2v) is 18.2. The molecule has 0 saturated heterocycles. The third-order valence-electron chi connectivity index (χ3n) is 10.9. The SMILES string of the molecule is CCCCCC/C=C\C/C=C\CCCCCCCC(=O)OC(COC(=O)CCCCCCCCCCCCCCCCCCCCCCCCC)COP(=O)(O)OC. The van der Waals surface area contributed by atoms with Crippen molar-refractivity contribution in [3.8, 4) is 0 Å². The standard InChI is InChI=1S/C49H93O8P/c1-4-6-8-10-12-14-16-18-20-22-23-24-25-26-27-28-30-31-33-35-37-39-41-43-48(50)55-45-47(46-56-58(52,53)54-3)57-49(51)44-42-40-38-36-34-32-29-21-19-17-15-13-11-9-7-5-2/h15,17,21,29,47H,4-14,16,18-20,22-28,30-46H2,1-3H3,(H,52,53)/b17-15-,29-21-. The summed E-state index contributed by atoms with van der Waals surface area (Å²) in [6.45, 7) is 3.90. The number of rotatable bonds is 46. The zero-order valence-corrected chi connectivity index (χ0v) is 39.1. The van der Waals surface area contributed by atoms with E-state index in [1.54, 1.807) is 0 Å². The maximum atomic E-state index is 12.5. The maximum absolute atomic E-state index is 12.5. The molecule has 342 valence electrons. The van der Waals surface area contributed by atoms with Crippen molar-refractivity contribution in [3.63, 3.8) is 0 Å². The van der Waals surface area contributed by atoms with Gasteiger partial charge in [-0.2, -0.15) is 0 Å². The van der Waals surface area contributed by atoms with Gasteiger partial charge in [0.05, 0.1) is 6.61 Å². The number of hydrogen-bond acceptors (Lipinski definition) is 7. The molecule has 2 unspecified atom stereocenters. The van der Waals surface area contributed by atoms with Gasteiger partial charge < -0.3 is 14.4 Å². The number of esters is 2. The molecule has 0 saturated carbocycles. The second kappa shape index (κ2) is 45.1. The molecule has 0 aromatic heterocycles. The molecule has 58 heavy (non-hydrogen) atoms. The van der Waals surface area contributed by atoms with Gasteiger partial charge in [-0.1, -0.05) is 218 Å². The molecule has 0 amide bonds. The van der Waals surface area contributed by atoms with Crippen molar-refractivity contribution in [1.29, 1.82) is 0 Å². The minimum Gasteiger partial charge on any atom is -0.462 e. The molecule has 0 spiro atoms. The molecule has 0 heterocycles. The van der Waals surface area contributed by atoms with Crippen molar-refractivity contribution in [2.75, 3.05) is 20.3 Å². The first-order chi connectivity index (χ1) is 28.3. The van der Waals surface area contributed by atoms with Crippen LogP contribution in [0.1, 0.15) is 251 Å². The summed E-state index contributed by atoms with van der Waals surface area (Å²) < 4.78 is 32.1. The second-order valence-electron chi connectivity index (χ2n) is 16.6. The Hall–Kier alpha value is -1.47. The van der Waals surface area contributed by atoms with Crippen molar-refractivity contribution in [1.82, 2.24) is 0 Å². The van der Waals surface area contributed by atoms with Crippen LogP contribution in [-0.4, -0.2) is 43.3 Å². The molecule has 0 aliphatic rings. The van der Waals surface area contributed by atoms with Crippen LogP contribution in [0.25, 0.3) is 0 Å². The summed E-state index contributed by atoms with van der Waals surface area (Å²) in [5.74, 6) is -0.807. The zero-order chi connectivity index (χ0) is 42.5. The lowest BCUT2D eigenvalue weighted by molar-refractivity contribution is -0.161. The summed E-state index contributed by atoms with van der Waals surface area (Å²) in [4.78, 5) is 34.6. The Bertz CT molecular complexity index is 999. The zero-order valence-electron chi connectivity index (χ0n) is 38.2. The molecule has 0 aromatic carbocycles. The molecule has 0 aliphatic heterocycles. The van der Waals surface area contributed by atoms with Gasteiger partial charge in [-0.3, -0.25) is 18.6 Å². The molecule has 9 heteroatoms. The van der Waals surface area contributed by atoms with E-state index < -0.39 is 26.5 Å². The molecule has 2 atom stereocenters. The fourth-order valence-corrected chi connectivity index (χ4v) is 7.62. The van der Waals surface area contributed by atoms with E-state index in [9.17, 15) is 19.0 Å². The predicted octanol–water partition coefficient (Wildman–Crippen LogP) is 15.8. The minimum absolute atomic E-state index is 0.226. The van der Waals surface area contributed by atoms with E-state index in [1.807, 2.05) is 0 Å². The van der Waals surface area contributed by atoms with Gasteiger partial charge in [0, 0.05) is 20.0 Å². The van der Waals surface area contributed by atoms with Crippen LogP contribution >= 0.6 is 7.82 Å². The summed E-state index contributed by atoms with van der Waals surface area (Å²) in [7, 11) is -3.20. The topological polar surface area (TPSA) is 108 Å². The predicted molar refractivity (Wildman–Crippen MR) is 244 cm³/mol. The van der Waals surface area contributed by atoms with E-state index in [0.717, 1.165) is 64.9 Å². The number of phosphoric ester groups is 1. The first-order valence-electron chi connectivity index (χ1n) is 24.5. The molecule has 0 radical (unpaired) electrons. The van der Waals surface area contributed by atoms with Crippen LogP contribution in [0.4, 0.5) is 0 Å². The van der Waals surface area contributed by atoms with E-state index in [1.165, 1.54) is 161 Å². The van der Waals surface area contributed by atoms with Crippen LogP contribution in [0, 0.1) is 0 Å². The normalized spacial score (nSPS) is 13.4. The summed E-state index contributed by atoms with van der Waals surface area (Å²) >= 11 is 0. The Morgan fingerprint density at radius 1 is 0.483 bits per heavy atom. The van der Waals surface area contributed by atoms with E-state index in [2.05, 4.69) is 42.7 Å². The van der Waals surface area contributed by atoms with Gasteiger partial charge in [0.1, 0.15) is 6.61 Å². The van der Waals surface area contributed by atoms with E-state index in [0.29, 0.717) is 12.8 Å². The number of allylic oxidation sites excluding steroid dienone is 4. The number of unbranched alkanes of at least 4 members (excludes halogenated alkanes) is 31. The molecular weight excluding hydrogens is 748 g/mol. The van der Waals surface area contributed by atoms with E-state index >= 15 is 0 Å². The summed E-state index contributed by atoms with van der Waals surface area (Å²) in [5.41, 5.74) is 0. The quantitative estimate of drug-likeness (QED) is 0.0279. The average molecular weight is 841 g/mol. The molecule has 0 rings (SSSR count). The molecule has 0 bridgehead atoms. The Balaban J connectivity index is 3.87. The minimum atomic E-state index is -4.27. The third kappa shape index (κ3) is 44.1. The van der Waals surface area contributed by atoms with Crippen LogP contribution in [0.15, 0.2) is 24.3 Å². The number of phosphoric acid groups is 1. The third-order valence-corrected chi connectivity index (χ3v) is 11.9. The summed E-state index contributed by atoms with van der Waals surface area (Å²) in [6.07, 6.45) is 52.4. The lowest BCUT2D eigenvalue weighted by Crippen LogP contribution is -2.29. The van der Waals surface area contributed by atoms with Gasteiger partial charge in [0.25, 0.3) is 0 Å². The highest BCUT2D eigenvalue weighted by Gasteiger charge is 2.24. The highest BCUT2D eigenvalue weighted by molar-refractivity contribution is 7.47. The lowest BCUT2D eigenvalue weighted by atomic mass is 10.0. The molecule has 8 nitrogen and oxygen atoms in total. The summed E-state index contributed by atoms with van der Waals surface area (Å²) in [5, 5.41) is 0. The Morgan fingerprint density at radius 2 is 0.828 bits per heavy atom. The highest BCUT2D eigenvalue weighted by atomic mass is 31.2. The maximum Gasteiger partial charge on any atom is 0.472 e. The van der Waals surface area contributed by atoms with Crippen LogP contribution in [0.3, 0.4) is 0 Å². The smallest absolute Gasteiger partial charge is 0.462 e. The number of carbonyl (C=O) groups is 2. The summed E-state index contributed by atoms with van der Waals surface area (Å²) in [6, 6.07) is 0. The first-order valence-corrected chi connectivity index (χ1v) is 26.0. The average Bonchev–Trinajstić information content (AvgIpc) is 3.21. The van der Waals surface area contributed by atoms with Crippen LogP contribution in [0.2, 0.25) is 0 Å². The van der Waals surface area contributed by atoms with Crippen molar-refractivity contribution in [2.24, 2.45) is 0 Å². The molecular formula is C49H93O8P. The van der Waals surface area contributed by atoms with Crippen LogP contribution < -0.4 is 0 Å². The molecule has 0 aliphatic carbocycles. The van der Waals surface area contributed by atoms with Crippen molar-refractivity contribution in [2.45, 2.75) is 258 Å². The van der Waals surface area contributed by atoms with Gasteiger partial charge >= 0.3 is 19.8 Å². The Kier molecular flexibility index (Phi) is 43.9. The van der Waals surface area contributed by atoms with E-state index in [4.69, 9.17) is 14.0 Å².